The molecule has 74 valence electrons. The molecule has 0 amide bonds. The van der Waals surface area contributed by atoms with Gasteiger partial charge in [0.05, 0.1) is 11.6 Å². The number of fused-ring (bicyclic) bond motifs is 1. The molecule has 0 fully saturated rings. The van der Waals surface area contributed by atoms with Gasteiger partial charge in [0.15, 0.2) is 0 Å². The molecule has 1 unspecified atom stereocenters. The lowest BCUT2D eigenvalue weighted by molar-refractivity contribution is 0.805. The molecule has 0 aliphatic heterocycles. The van der Waals surface area contributed by atoms with Crippen molar-refractivity contribution in [2.75, 3.05) is 11.9 Å². The van der Waals surface area contributed by atoms with Gasteiger partial charge in [-0.2, -0.15) is 4.37 Å². The van der Waals surface area contributed by atoms with Crippen molar-refractivity contribution >= 4 is 27.4 Å². The topological polar surface area (TPSA) is 63.8 Å². The van der Waals surface area contributed by atoms with Crippen LogP contribution >= 0.6 is 11.5 Å². The largest absolute Gasteiger partial charge is 0.381 e. The van der Waals surface area contributed by atoms with Crippen LogP contribution in [0.1, 0.15) is 6.92 Å². The second-order valence-corrected chi connectivity index (χ2v) is 3.96. The van der Waals surface area contributed by atoms with Gasteiger partial charge in [0, 0.05) is 24.5 Å². The Balaban J connectivity index is 2.36. The van der Waals surface area contributed by atoms with Crippen molar-refractivity contribution in [3.63, 3.8) is 0 Å². The fourth-order valence-corrected chi connectivity index (χ4v) is 1.86. The molecule has 2 rings (SSSR count). The van der Waals surface area contributed by atoms with Crippen molar-refractivity contribution in [1.29, 1.82) is 0 Å². The number of pyridine rings is 1. The highest BCUT2D eigenvalue weighted by atomic mass is 32.1. The van der Waals surface area contributed by atoms with E-state index in [1.54, 1.807) is 6.20 Å². The Morgan fingerprint density at radius 1 is 1.64 bits per heavy atom. The van der Waals surface area contributed by atoms with Crippen LogP contribution in [0.5, 0.6) is 0 Å². The summed E-state index contributed by atoms with van der Waals surface area (Å²) in [5.74, 6) is 0. The number of nitrogens with zero attached hydrogens (tertiary/aromatic N) is 2. The van der Waals surface area contributed by atoms with Crippen molar-refractivity contribution in [2.24, 2.45) is 5.73 Å². The molecule has 0 aliphatic carbocycles. The molecule has 3 N–H and O–H groups in total. The van der Waals surface area contributed by atoms with Gasteiger partial charge in [-0.15, -0.1) is 0 Å². The van der Waals surface area contributed by atoms with E-state index in [0.717, 1.165) is 15.9 Å². The van der Waals surface area contributed by atoms with Gasteiger partial charge >= 0.3 is 0 Å². The van der Waals surface area contributed by atoms with Crippen LogP contribution in [0.25, 0.3) is 10.2 Å². The van der Waals surface area contributed by atoms with Crippen molar-refractivity contribution in [3.8, 4) is 0 Å². The van der Waals surface area contributed by atoms with Gasteiger partial charge in [0.1, 0.15) is 4.83 Å². The predicted molar refractivity (Wildman–Crippen MR) is 59.6 cm³/mol. The monoisotopic (exact) mass is 208 g/mol. The number of hydrogen-bond acceptors (Lipinski definition) is 5. The Bertz CT molecular complexity index is 425. The Morgan fingerprint density at radius 2 is 2.50 bits per heavy atom. The summed E-state index contributed by atoms with van der Waals surface area (Å²) >= 11 is 1.40. The molecule has 0 saturated heterocycles. The lowest BCUT2D eigenvalue weighted by Crippen LogP contribution is -2.25. The van der Waals surface area contributed by atoms with Gasteiger partial charge in [-0.05, 0) is 24.5 Å². The highest BCUT2D eigenvalue weighted by Crippen LogP contribution is 2.23. The Labute approximate surface area is 86.3 Å². The van der Waals surface area contributed by atoms with Gasteiger partial charge < -0.3 is 11.1 Å². The average molecular weight is 208 g/mol. The SMILES string of the molecule is CC(CN)Nc1ccnc2sncc12. The summed E-state index contributed by atoms with van der Waals surface area (Å²) in [6, 6.07) is 2.21. The Kier molecular flexibility index (Phi) is 2.60. The second-order valence-electron chi connectivity index (χ2n) is 3.18. The third-order valence-electron chi connectivity index (χ3n) is 2.03. The lowest BCUT2D eigenvalue weighted by Gasteiger charge is -2.12. The zero-order chi connectivity index (χ0) is 9.97. The summed E-state index contributed by atoms with van der Waals surface area (Å²) in [4.78, 5) is 5.18. The highest BCUT2D eigenvalue weighted by Gasteiger charge is 2.05. The standard InChI is InChI=1S/C9H12N4S/c1-6(4-10)13-8-2-3-11-9-7(8)5-12-14-9/h2-3,5-6H,4,10H2,1H3,(H,11,13). The highest BCUT2D eigenvalue weighted by molar-refractivity contribution is 7.12. The zero-order valence-electron chi connectivity index (χ0n) is 7.90. The van der Waals surface area contributed by atoms with E-state index in [-0.39, 0.29) is 6.04 Å². The first-order chi connectivity index (χ1) is 6.81. The molecule has 0 aromatic carbocycles. The minimum absolute atomic E-state index is 0.264. The quantitative estimate of drug-likeness (QED) is 0.801. The molecular formula is C9H12N4S. The molecule has 0 radical (unpaired) electrons. The van der Waals surface area contributed by atoms with Crippen LogP contribution < -0.4 is 11.1 Å². The van der Waals surface area contributed by atoms with E-state index >= 15 is 0 Å². The second kappa shape index (κ2) is 3.89. The molecule has 0 aliphatic rings. The maximum atomic E-state index is 5.55. The average Bonchev–Trinajstić information content (AvgIpc) is 2.66. The number of nitrogens with two attached hydrogens (primary N) is 1. The van der Waals surface area contributed by atoms with Gasteiger partial charge in [0.25, 0.3) is 0 Å². The van der Waals surface area contributed by atoms with Gasteiger partial charge in [0.2, 0.25) is 0 Å². The first-order valence-electron chi connectivity index (χ1n) is 4.47. The number of nitrogens with one attached hydrogen (secondary N) is 1. The smallest absolute Gasteiger partial charge is 0.145 e. The molecule has 2 aromatic rings. The van der Waals surface area contributed by atoms with Gasteiger partial charge in [-0.3, -0.25) is 0 Å². The number of aromatic nitrogens is 2. The molecule has 0 bridgehead atoms. The summed E-state index contributed by atoms with van der Waals surface area (Å²) < 4.78 is 4.10. The van der Waals surface area contributed by atoms with Crippen molar-refractivity contribution in [2.45, 2.75) is 13.0 Å². The Hall–Kier alpha value is -1.20. The fourth-order valence-electron chi connectivity index (χ4n) is 1.23. The third kappa shape index (κ3) is 1.69. The minimum Gasteiger partial charge on any atom is -0.381 e. The summed E-state index contributed by atoms with van der Waals surface area (Å²) in [5.41, 5.74) is 6.61. The first kappa shape index (κ1) is 9.36. The van der Waals surface area contributed by atoms with Gasteiger partial charge in [-0.25, -0.2) is 4.98 Å². The summed E-state index contributed by atoms with van der Waals surface area (Å²) in [6.07, 6.45) is 3.62. The molecule has 5 heteroatoms. The van der Waals surface area contributed by atoms with E-state index in [0.29, 0.717) is 6.54 Å². The molecule has 1 atom stereocenters. The zero-order valence-corrected chi connectivity index (χ0v) is 8.71. The van der Waals surface area contributed by atoms with E-state index in [1.165, 1.54) is 11.5 Å². The van der Waals surface area contributed by atoms with Crippen LogP contribution in [0.2, 0.25) is 0 Å². The fraction of sp³-hybridized carbons (Fsp3) is 0.333. The number of anilines is 1. The van der Waals surface area contributed by atoms with Crippen molar-refractivity contribution in [1.82, 2.24) is 9.36 Å². The molecule has 0 spiro atoms. The molecule has 4 nitrogen and oxygen atoms in total. The van der Waals surface area contributed by atoms with Crippen LogP contribution in [0.4, 0.5) is 5.69 Å². The van der Waals surface area contributed by atoms with Crippen LogP contribution in [-0.2, 0) is 0 Å². The number of rotatable bonds is 3. The first-order valence-corrected chi connectivity index (χ1v) is 5.24. The summed E-state index contributed by atoms with van der Waals surface area (Å²) in [5, 5.41) is 4.39. The lowest BCUT2D eigenvalue weighted by atomic mass is 10.2. The van der Waals surface area contributed by atoms with E-state index < -0.39 is 0 Å². The molecule has 0 saturated carbocycles. The maximum Gasteiger partial charge on any atom is 0.145 e. The third-order valence-corrected chi connectivity index (χ3v) is 2.74. The maximum absolute atomic E-state index is 5.55. The molecular weight excluding hydrogens is 196 g/mol. The summed E-state index contributed by atoms with van der Waals surface area (Å²) in [7, 11) is 0. The van der Waals surface area contributed by atoms with E-state index in [2.05, 4.69) is 14.7 Å². The van der Waals surface area contributed by atoms with Crippen LogP contribution in [0.3, 0.4) is 0 Å². The van der Waals surface area contributed by atoms with Crippen LogP contribution in [0.15, 0.2) is 18.5 Å². The number of hydrogen-bond donors (Lipinski definition) is 2. The van der Waals surface area contributed by atoms with E-state index in [4.69, 9.17) is 5.73 Å². The van der Waals surface area contributed by atoms with Gasteiger partial charge in [-0.1, -0.05) is 0 Å². The van der Waals surface area contributed by atoms with Crippen LogP contribution in [0, 0.1) is 0 Å². The normalized spacial score (nSPS) is 13.0. The molecule has 14 heavy (non-hydrogen) atoms. The molecule has 2 aromatic heterocycles. The van der Waals surface area contributed by atoms with Crippen molar-refractivity contribution < 1.29 is 0 Å². The summed E-state index contributed by atoms with van der Waals surface area (Å²) in [6.45, 7) is 2.66. The van der Waals surface area contributed by atoms with Crippen molar-refractivity contribution in [3.05, 3.63) is 18.5 Å². The minimum atomic E-state index is 0.264. The predicted octanol–water partition coefficient (Wildman–Crippen LogP) is 1.45. The Morgan fingerprint density at radius 3 is 3.29 bits per heavy atom. The molecule has 2 heterocycles. The van der Waals surface area contributed by atoms with E-state index in [1.807, 2.05) is 19.2 Å². The van der Waals surface area contributed by atoms with E-state index in [9.17, 15) is 0 Å². The van der Waals surface area contributed by atoms with Crippen LogP contribution in [-0.4, -0.2) is 21.9 Å².